The Labute approximate surface area is 172 Å². The molecule has 1 amide bonds. The number of thioether (sulfide) groups is 1. The van der Waals surface area contributed by atoms with Crippen molar-refractivity contribution in [3.8, 4) is 0 Å². The van der Waals surface area contributed by atoms with Crippen molar-refractivity contribution in [2.75, 3.05) is 12.3 Å². The highest BCUT2D eigenvalue weighted by atomic mass is 35.5. The molecule has 3 aromatic rings. The fourth-order valence-corrected chi connectivity index (χ4v) is 3.48. The molecule has 148 valence electrons. The summed E-state index contributed by atoms with van der Waals surface area (Å²) < 4.78 is 40.0. The van der Waals surface area contributed by atoms with Gasteiger partial charge < -0.3 is 5.32 Å². The molecule has 2 heterocycles. The van der Waals surface area contributed by atoms with Gasteiger partial charge in [0.2, 0.25) is 5.91 Å². The predicted molar refractivity (Wildman–Crippen MR) is 102 cm³/mol. The van der Waals surface area contributed by atoms with Crippen LogP contribution in [0.2, 0.25) is 10.0 Å². The summed E-state index contributed by atoms with van der Waals surface area (Å²) in [6.45, 7) is 0.422. The summed E-state index contributed by atoms with van der Waals surface area (Å²) >= 11 is 12.7. The Bertz CT molecular complexity index is 992. The molecule has 0 unspecified atom stereocenters. The van der Waals surface area contributed by atoms with Crippen molar-refractivity contribution >= 4 is 46.5 Å². The third kappa shape index (κ3) is 5.09. The second kappa shape index (κ2) is 8.59. The molecule has 1 N–H and O–H groups in total. The molecule has 0 atom stereocenters. The van der Waals surface area contributed by atoms with Crippen LogP contribution in [0, 0.1) is 0 Å². The maximum Gasteiger partial charge on any atom is 0.417 e. The van der Waals surface area contributed by atoms with E-state index in [1.807, 2.05) is 12.1 Å². The first kappa shape index (κ1) is 20.8. The highest BCUT2D eigenvalue weighted by Gasteiger charge is 2.32. The molecule has 3 rings (SSSR count). The lowest BCUT2D eigenvalue weighted by Crippen LogP contribution is -2.27. The minimum Gasteiger partial charge on any atom is -0.355 e. The molecule has 28 heavy (non-hydrogen) atoms. The molecule has 0 saturated heterocycles. The lowest BCUT2D eigenvalue weighted by molar-refractivity contribution is -0.137. The first-order valence-corrected chi connectivity index (χ1v) is 9.73. The van der Waals surface area contributed by atoms with Crippen LogP contribution in [0.1, 0.15) is 11.1 Å². The average molecular weight is 449 g/mol. The average Bonchev–Trinajstić information content (AvgIpc) is 3.04. The van der Waals surface area contributed by atoms with Crippen LogP contribution in [0.25, 0.3) is 5.65 Å². The molecule has 0 spiro atoms. The van der Waals surface area contributed by atoms with Crippen LogP contribution in [0.5, 0.6) is 0 Å². The Morgan fingerprint density at radius 2 is 1.89 bits per heavy atom. The maximum absolute atomic E-state index is 13.0. The van der Waals surface area contributed by atoms with Crippen LogP contribution in [-0.2, 0) is 17.4 Å². The number of rotatable bonds is 6. The number of hydrogen-bond acceptors (Lipinski definition) is 4. The number of nitrogens with one attached hydrogen (secondary N) is 1. The van der Waals surface area contributed by atoms with Crippen molar-refractivity contribution in [2.45, 2.75) is 17.8 Å². The summed E-state index contributed by atoms with van der Waals surface area (Å²) in [5.74, 6) is -0.288. The van der Waals surface area contributed by atoms with Gasteiger partial charge in [-0.25, -0.2) is 0 Å². The van der Waals surface area contributed by atoms with Gasteiger partial charge in [0.15, 0.2) is 10.8 Å². The van der Waals surface area contributed by atoms with E-state index in [1.165, 1.54) is 0 Å². The van der Waals surface area contributed by atoms with Gasteiger partial charge >= 0.3 is 6.18 Å². The van der Waals surface area contributed by atoms with E-state index in [1.54, 1.807) is 12.1 Å². The molecule has 0 bridgehead atoms. The fraction of sp³-hybridized carbons (Fsp3) is 0.235. The first-order chi connectivity index (χ1) is 13.2. The second-order valence-corrected chi connectivity index (χ2v) is 7.55. The number of amides is 1. The largest absolute Gasteiger partial charge is 0.417 e. The summed E-state index contributed by atoms with van der Waals surface area (Å²) in [4.78, 5) is 12.0. The molecule has 1 aromatic carbocycles. The minimum absolute atomic E-state index is 0.0186. The normalized spacial score (nSPS) is 11.8. The first-order valence-electron chi connectivity index (χ1n) is 7.99. The van der Waals surface area contributed by atoms with Crippen LogP contribution < -0.4 is 5.32 Å². The molecule has 0 aliphatic rings. The minimum atomic E-state index is -4.55. The summed E-state index contributed by atoms with van der Waals surface area (Å²) in [7, 11) is 0. The topological polar surface area (TPSA) is 59.3 Å². The summed E-state index contributed by atoms with van der Waals surface area (Å²) in [6, 6.07) is 8.07. The van der Waals surface area contributed by atoms with Gasteiger partial charge in [-0.15, -0.1) is 10.2 Å². The van der Waals surface area contributed by atoms with Gasteiger partial charge in [0.05, 0.1) is 16.3 Å². The van der Waals surface area contributed by atoms with Crippen molar-refractivity contribution in [2.24, 2.45) is 0 Å². The smallest absolute Gasteiger partial charge is 0.355 e. The Balaban J connectivity index is 1.59. The van der Waals surface area contributed by atoms with E-state index in [-0.39, 0.29) is 27.5 Å². The number of fused-ring (bicyclic) bond motifs is 1. The van der Waals surface area contributed by atoms with Crippen LogP contribution in [-0.4, -0.2) is 32.8 Å². The number of nitrogens with zero attached hydrogens (tertiary/aromatic N) is 3. The van der Waals surface area contributed by atoms with Gasteiger partial charge in [0.25, 0.3) is 0 Å². The summed E-state index contributed by atoms with van der Waals surface area (Å²) in [5, 5.41) is 11.0. The molecule has 0 saturated carbocycles. The summed E-state index contributed by atoms with van der Waals surface area (Å²) in [5.41, 5.74) is 0.203. The van der Waals surface area contributed by atoms with Gasteiger partial charge in [-0.1, -0.05) is 47.1 Å². The van der Waals surface area contributed by atoms with Gasteiger partial charge in [-0.05, 0) is 30.2 Å². The number of halogens is 5. The molecule has 2 aromatic heterocycles. The molecular weight excluding hydrogens is 436 g/mol. The van der Waals surface area contributed by atoms with Crippen molar-refractivity contribution in [1.29, 1.82) is 0 Å². The number of hydrogen-bond donors (Lipinski definition) is 1. The zero-order chi connectivity index (χ0) is 20.3. The van der Waals surface area contributed by atoms with Crippen molar-refractivity contribution in [1.82, 2.24) is 19.9 Å². The Hall–Kier alpha value is -1.97. The van der Waals surface area contributed by atoms with E-state index < -0.39 is 11.7 Å². The van der Waals surface area contributed by atoms with E-state index in [9.17, 15) is 18.0 Å². The molecular formula is C17H13Cl2F3N4OS. The third-order valence-electron chi connectivity index (χ3n) is 3.74. The molecule has 0 fully saturated rings. The molecule has 0 radical (unpaired) electrons. The number of pyridine rings is 1. The number of carbonyl (C=O) groups is 1. The van der Waals surface area contributed by atoms with E-state index in [0.29, 0.717) is 18.0 Å². The Morgan fingerprint density at radius 1 is 1.18 bits per heavy atom. The van der Waals surface area contributed by atoms with Gasteiger partial charge in [-0.2, -0.15) is 13.2 Å². The van der Waals surface area contributed by atoms with E-state index in [2.05, 4.69) is 15.5 Å². The zero-order valence-corrected chi connectivity index (χ0v) is 16.5. The van der Waals surface area contributed by atoms with E-state index in [4.69, 9.17) is 23.2 Å². The lowest BCUT2D eigenvalue weighted by atomic mass is 10.1. The van der Waals surface area contributed by atoms with Gasteiger partial charge in [0.1, 0.15) is 0 Å². The predicted octanol–water partition coefficient (Wildman–Crippen LogP) is 4.51. The summed E-state index contributed by atoms with van der Waals surface area (Å²) in [6.07, 6.45) is -3.06. The van der Waals surface area contributed by atoms with Crippen LogP contribution in [0.4, 0.5) is 13.2 Å². The highest BCUT2D eigenvalue weighted by Crippen LogP contribution is 2.33. The number of benzene rings is 1. The van der Waals surface area contributed by atoms with Crippen molar-refractivity contribution in [3.05, 3.63) is 57.7 Å². The lowest BCUT2D eigenvalue weighted by Gasteiger charge is -2.09. The number of carbonyl (C=O) groups excluding carboxylic acids is 1. The standard InChI is InChI=1S/C17H13Cl2F3N4OS/c18-12-3-1-10(2-4-12)5-6-23-14(27)9-28-16-25-24-15-13(19)7-11(8-26(15)16)17(20,21)22/h1-4,7-8H,5-6,9H2,(H,23,27). The fourth-order valence-electron chi connectivity index (χ4n) is 2.37. The zero-order valence-electron chi connectivity index (χ0n) is 14.1. The monoisotopic (exact) mass is 448 g/mol. The molecule has 11 heteroatoms. The van der Waals surface area contributed by atoms with Crippen LogP contribution >= 0.6 is 35.0 Å². The van der Waals surface area contributed by atoms with E-state index in [0.717, 1.165) is 34.0 Å². The van der Waals surface area contributed by atoms with Crippen molar-refractivity contribution in [3.63, 3.8) is 0 Å². The molecule has 0 aliphatic heterocycles. The van der Waals surface area contributed by atoms with E-state index >= 15 is 0 Å². The Kier molecular flexibility index (Phi) is 6.36. The number of alkyl halides is 3. The molecule has 5 nitrogen and oxygen atoms in total. The van der Waals surface area contributed by atoms with Gasteiger partial charge in [0, 0.05) is 17.8 Å². The van der Waals surface area contributed by atoms with Crippen LogP contribution in [0.15, 0.2) is 41.7 Å². The maximum atomic E-state index is 13.0. The van der Waals surface area contributed by atoms with Crippen molar-refractivity contribution < 1.29 is 18.0 Å². The van der Waals surface area contributed by atoms with Gasteiger partial charge in [-0.3, -0.25) is 9.20 Å². The Morgan fingerprint density at radius 3 is 2.57 bits per heavy atom. The van der Waals surface area contributed by atoms with Crippen LogP contribution in [0.3, 0.4) is 0 Å². The molecule has 0 aliphatic carbocycles. The third-order valence-corrected chi connectivity index (χ3v) is 5.21. The quantitative estimate of drug-likeness (QED) is 0.563. The highest BCUT2D eigenvalue weighted by molar-refractivity contribution is 7.99. The second-order valence-electron chi connectivity index (χ2n) is 5.77. The number of aromatic nitrogens is 3. The SMILES string of the molecule is O=C(CSc1nnc2c(Cl)cc(C(F)(F)F)cn12)NCCc1ccc(Cl)cc1.